The van der Waals surface area contributed by atoms with Gasteiger partial charge in [0, 0.05) is 11.6 Å². The molecule has 0 amide bonds. The van der Waals surface area contributed by atoms with Crippen molar-refractivity contribution in [3.63, 3.8) is 0 Å². The first kappa shape index (κ1) is 10.4. The van der Waals surface area contributed by atoms with Gasteiger partial charge in [0.25, 0.3) is 0 Å². The molecule has 3 nitrogen and oxygen atoms in total. The summed E-state index contributed by atoms with van der Waals surface area (Å²) in [7, 11) is 0. The molecule has 3 rings (SSSR count). The average Bonchev–Trinajstić information content (AvgIpc) is 2.90. The number of carbonyl (C=O) groups is 1. The first-order valence-corrected chi connectivity index (χ1v) is 5.94. The van der Waals surface area contributed by atoms with Crippen molar-refractivity contribution in [2.24, 2.45) is 0 Å². The number of aromatic hydroxyl groups is 1. The fourth-order valence-electron chi connectivity index (χ4n) is 2.60. The predicted octanol–water partition coefficient (Wildman–Crippen LogP) is 2.65. The van der Waals surface area contributed by atoms with Crippen molar-refractivity contribution in [1.29, 1.82) is 0 Å². The van der Waals surface area contributed by atoms with Gasteiger partial charge in [-0.05, 0) is 49.9 Å². The lowest BCUT2D eigenvalue weighted by atomic mass is 9.98. The highest BCUT2D eigenvalue weighted by Gasteiger charge is 2.46. The van der Waals surface area contributed by atoms with Gasteiger partial charge in [-0.2, -0.15) is 0 Å². The van der Waals surface area contributed by atoms with Crippen molar-refractivity contribution in [1.82, 2.24) is 0 Å². The van der Waals surface area contributed by atoms with E-state index in [1.165, 1.54) is 0 Å². The zero-order chi connectivity index (χ0) is 11.9. The van der Waals surface area contributed by atoms with Crippen molar-refractivity contribution in [3.05, 3.63) is 35.9 Å². The van der Waals surface area contributed by atoms with Crippen LogP contribution in [0.25, 0.3) is 5.76 Å². The molecule has 3 heteroatoms. The smallest absolute Gasteiger partial charge is 0.202 e. The third-order valence-electron chi connectivity index (χ3n) is 3.58. The monoisotopic (exact) mass is 230 g/mol. The summed E-state index contributed by atoms with van der Waals surface area (Å²) in [5.41, 5.74) is 0.271. The Labute approximate surface area is 99.7 Å². The number of hydrogen-bond donors (Lipinski definition) is 1. The second-order valence-electron chi connectivity index (χ2n) is 4.72. The van der Waals surface area contributed by atoms with Gasteiger partial charge in [-0.1, -0.05) is 0 Å². The lowest BCUT2D eigenvalue weighted by Gasteiger charge is -2.22. The molecule has 0 atom stereocenters. The van der Waals surface area contributed by atoms with Gasteiger partial charge in [-0.25, -0.2) is 0 Å². The van der Waals surface area contributed by atoms with E-state index in [2.05, 4.69) is 0 Å². The molecule has 0 bridgehead atoms. The molecule has 1 N–H and O–H groups in total. The van der Waals surface area contributed by atoms with Crippen LogP contribution in [-0.4, -0.2) is 16.5 Å². The summed E-state index contributed by atoms with van der Waals surface area (Å²) in [5, 5.41) is 9.23. The summed E-state index contributed by atoms with van der Waals surface area (Å²) in [6.45, 7) is 0. The van der Waals surface area contributed by atoms with Crippen LogP contribution in [-0.2, 0) is 9.53 Å². The first-order valence-electron chi connectivity index (χ1n) is 5.94. The zero-order valence-corrected chi connectivity index (χ0v) is 9.48. The van der Waals surface area contributed by atoms with E-state index < -0.39 is 5.60 Å². The van der Waals surface area contributed by atoms with Crippen LogP contribution in [0.2, 0.25) is 0 Å². The fourth-order valence-corrected chi connectivity index (χ4v) is 2.60. The van der Waals surface area contributed by atoms with Gasteiger partial charge in [0.2, 0.25) is 5.78 Å². The van der Waals surface area contributed by atoms with E-state index in [4.69, 9.17) is 4.74 Å². The van der Waals surface area contributed by atoms with E-state index in [9.17, 15) is 9.90 Å². The van der Waals surface area contributed by atoms with E-state index in [0.29, 0.717) is 5.76 Å². The standard InChI is InChI=1S/C14H14O3/c15-11-5-3-10(4-6-11)12-9-13(16)14(17-12)7-1-2-8-14/h3-6,9,15H,1-2,7-8H2. The number of ether oxygens (including phenoxy) is 1. The first-order chi connectivity index (χ1) is 8.20. The minimum absolute atomic E-state index is 0.0954. The molecule has 1 saturated carbocycles. The molecule has 17 heavy (non-hydrogen) atoms. The maximum Gasteiger partial charge on any atom is 0.202 e. The Hall–Kier alpha value is -1.77. The minimum Gasteiger partial charge on any atom is -0.508 e. The van der Waals surface area contributed by atoms with Gasteiger partial charge >= 0.3 is 0 Å². The topological polar surface area (TPSA) is 46.5 Å². The van der Waals surface area contributed by atoms with Crippen LogP contribution in [0, 0.1) is 0 Å². The summed E-state index contributed by atoms with van der Waals surface area (Å²) in [6, 6.07) is 6.73. The molecule has 0 aromatic heterocycles. The molecule has 1 aliphatic heterocycles. The molecule has 0 radical (unpaired) electrons. The second-order valence-corrected chi connectivity index (χ2v) is 4.72. The number of phenolic OH excluding ortho intramolecular Hbond substituents is 1. The lowest BCUT2D eigenvalue weighted by Crippen LogP contribution is -2.32. The highest BCUT2D eigenvalue weighted by Crippen LogP contribution is 2.42. The number of benzene rings is 1. The second kappa shape index (κ2) is 3.62. The van der Waals surface area contributed by atoms with Gasteiger partial charge in [0.05, 0.1) is 0 Å². The molecule has 1 spiro atoms. The summed E-state index contributed by atoms with van der Waals surface area (Å²) in [6.07, 6.45) is 5.36. The van der Waals surface area contributed by atoms with Gasteiger partial charge in [-0.15, -0.1) is 0 Å². The average molecular weight is 230 g/mol. The van der Waals surface area contributed by atoms with Crippen molar-refractivity contribution in [3.8, 4) is 5.75 Å². The Balaban J connectivity index is 1.89. The Bertz CT molecular complexity index is 479. The third kappa shape index (κ3) is 1.62. The molecule has 1 heterocycles. The molecule has 2 aliphatic rings. The van der Waals surface area contributed by atoms with Crippen LogP contribution in [0.1, 0.15) is 31.2 Å². The molecule has 88 valence electrons. The van der Waals surface area contributed by atoms with Gasteiger partial charge in [0.15, 0.2) is 5.60 Å². The van der Waals surface area contributed by atoms with E-state index >= 15 is 0 Å². The molecule has 1 aromatic rings. The van der Waals surface area contributed by atoms with Gasteiger partial charge in [-0.3, -0.25) is 4.79 Å². The Morgan fingerprint density at radius 2 is 1.76 bits per heavy atom. The van der Waals surface area contributed by atoms with E-state index in [1.54, 1.807) is 30.3 Å². The van der Waals surface area contributed by atoms with Crippen LogP contribution < -0.4 is 0 Å². The Kier molecular flexibility index (Phi) is 2.21. The van der Waals surface area contributed by atoms with Crippen molar-refractivity contribution < 1.29 is 14.6 Å². The van der Waals surface area contributed by atoms with Crippen LogP contribution in [0.3, 0.4) is 0 Å². The number of carbonyl (C=O) groups excluding carboxylic acids is 1. The SMILES string of the molecule is O=C1C=C(c2ccc(O)cc2)OC12CCCC2. The maximum absolute atomic E-state index is 12.0. The van der Waals surface area contributed by atoms with Gasteiger partial charge in [0.1, 0.15) is 11.5 Å². The molecular weight excluding hydrogens is 216 g/mol. The van der Waals surface area contributed by atoms with Crippen molar-refractivity contribution in [2.75, 3.05) is 0 Å². The normalized spacial score (nSPS) is 21.6. The van der Waals surface area contributed by atoms with Crippen LogP contribution in [0.15, 0.2) is 30.3 Å². The quantitative estimate of drug-likeness (QED) is 0.806. The molecule has 0 unspecified atom stereocenters. The molecule has 1 aliphatic carbocycles. The van der Waals surface area contributed by atoms with E-state index in [0.717, 1.165) is 31.2 Å². The molecule has 1 aromatic carbocycles. The summed E-state index contributed by atoms with van der Waals surface area (Å²) >= 11 is 0. The summed E-state index contributed by atoms with van der Waals surface area (Å²) < 4.78 is 5.88. The van der Waals surface area contributed by atoms with Gasteiger partial charge < -0.3 is 9.84 Å². The van der Waals surface area contributed by atoms with Crippen LogP contribution in [0.4, 0.5) is 0 Å². The Morgan fingerprint density at radius 1 is 1.12 bits per heavy atom. The summed E-state index contributed by atoms with van der Waals surface area (Å²) in [5.74, 6) is 0.948. The highest BCUT2D eigenvalue weighted by molar-refractivity contribution is 6.05. The zero-order valence-electron chi connectivity index (χ0n) is 9.48. The number of phenols is 1. The molecule has 0 saturated heterocycles. The van der Waals surface area contributed by atoms with E-state index in [-0.39, 0.29) is 11.5 Å². The van der Waals surface area contributed by atoms with E-state index in [1.807, 2.05) is 0 Å². The highest BCUT2D eigenvalue weighted by atomic mass is 16.5. The van der Waals surface area contributed by atoms with Crippen LogP contribution in [0.5, 0.6) is 5.75 Å². The molecule has 1 fully saturated rings. The van der Waals surface area contributed by atoms with Crippen LogP contribution >= 0.6 is 0 Å². The number of ketones is 1. The lowest BCUT2D eigenvalue weighted by molar-refractivity contribution is -0.128. The maximum atomic E-state index is 12.0. The fraction of sp³-hybridized carbons (Fsp3) is 0.357. The predicted molar refractivity (Wildman–Crippen MR) is 63.4 cm³/mol. The number of hydrogen-bond acceptors (Lipinski definition) is 3. The largest absolute Gasteiger partial charge is 0.508 e. The minimum atomic E-state index is -0.576. The summed E-state index contributed by atoms with van der Waals surface area (Å²) in [4.78, 5) is 12.0. The third-order valence-corrected chi connectivity index (χ3v) is 3.58. The molecular formula is C14H14O3. The van der Waals surface area contributed by atoms with Crippen molar-refractivity contribution >= 4 is 11.5 Å². The number of rotatable bonds is 1. The van der Waals surface area contributed by atoms with Crippen molar-refractivity contribution in [2.45, 2.75) is 31.3 Å². The Morgan fingerprint density at radius 3 is 2.41 bits per heavy atom.